The van der Waals surface area contributed by atoms with Crippen LogP contribution < -0.4 is 0 Å². The number of fused-ring (bicyclic) bond motifs is 1. The molecule has 1 heterocycles. The normalized spacial score (nSPS) is 11.5. The molecule has 0 bridgehead atoms. The van der Waals surface area contributed by atoms with Gasteiger partial charge in [0.25, 0.3) is 0 Å². The molecule has 1 aromatic heterocycles. The van der Waals surface area contributed by atoms with Crippen molar-refractivity contribution in [2.24, 2.45) is 0 Å². The van der Waals surface area contributed by atoms with Gasteiger partial charge in [-0.15, -0.1) is 0 Å². The lowest BCUT2D eigenvalue weighted by Crippen LogP contribution is -1.83. The molecule has 0 radical (unpaired) electrons. The Hall–Kier alpha value is -1.58. The van der Waals surface area contributed by atoms with E-state index in [0.717, 1.165) is 34.9 Å². The van der Waals surface area contributed by atoms with E-state index in [4.69, 9.17) is 16.0 Å². The van der Waals surface area contributed by atoms with Crippen LogP contribution in [-0.4, -0.2) is 10.1 Å². The molecule has 3 nitrogen and oxygen atoms in total. The summed E-state index contributed by atoms with van der Waals surface area (Å²) in [6, 6.07) is 17.1. The number of halogens is 3. The second kappa shape index (κ2) is 7.81. The molecule has 0 unspecified atom stereocenters. The Morgan fingerprint density at radius 1 is 0.963 bits per heavy atom. The average Bonchev–Trinajstić information content (AvgIpc) is 3.07. The van der Waals surface area contributed by atoms with Crippen molar-refractivity contribution >= 4 is 80.0 Å². The molecule has 0 aliphatic heterocycles. The van der Waals surface area contributed by atoms with Crippen LogP contribution in [0.2, 0.25) is 5.02 Å². The number of aromatic nitrogens is 1. The topological polar surface area (TPSA) is 46.3 Å². The average molecular weight is 600 g/mol. The number of aromatic hydroxyl groups is 1. The zero-order chi connectivity index (χ0) is 19.0. The summed E-state index contributed by atoms with van der Waals surface area (Å²) in [5, 5.41) is 10.9. The van der Waals surface area contributed by atoms with E-state index in [0.29, 0.717) is 16.7 Å². The fraction of sp³-hybridized carbons (Fsp3) is 0. The maximum Gasteiger partial charge on any atom is 0.227 e. The Kier molecular flexibility index (Phi) is 5.43. The maximum atomic E-state index is 10.2. The number of nitrogens with zero attached hydrogens (tertiary/aromatic N) is 1. The lowest BCUT2D eigenvalue weighted by Gasteiger charge is -2.03. The summed E-state index contributed by atoms with van der Waals surface area (Å²) in [5.41, 5.74) is 4.15. The molecule has 0 aliphatic carbocycles. The van der Waals surface area contributed by atoms with Gasteiger partial charge in [-0.05, 0) is 99.3 Å². The maximum absolute atomic E-state index is 10.2. The number of oxazole rings is 1. The van der Waals surface area contributed by atoms with Gasteiger partial charge in [0.15, 0.2) is 5.58 Å². The zero-order valence-corrected chi connectivity index (χ0v) is 18.9. The molecule has 0 aliphatic rings. The van der Waals surface area contributed by atoms with Gasteiger partial charge < -0.3 is 9.52 Å². The Morgan fingerprint density at radius 2 is 1.74 bits per heavy atom. The molecule has 27 heavy (non-hydrogen) atoms. The van der Waals surface area contributed by atoms with Crippen LogP contribution in [0.25, 0.3) is 34.7 Å². The van der Waals surface area contributed by atoms with Crippen molar-refractivity contribution in [2.45, 2.75) is 0 Å². The number of phenols is 1. The molecule has 134 valence electrons. The van der Waals surface area contributed by atoms with Crippen molar-refractivity contribution in [3.8, 4) is 17.2 Å². The third kappa shape index (κ3) is 4.14. The summed E-state index contributed by atoms with van der Waals surface area (Å²) in [6.45, 7) is 0. The van der Waals surface area contributed by atoms with Crippen molar-refractivity contribution in [3.63, 3.8) is 0 Å². The van der Waals surface area contributed by atoms with Gasteiger partial charge in [-0.3, -0.25) is 0 Å². The van der Waals surface area contributed by atoms with Crippen molar-refractivity contribution in [2.75, 3.05) is 0 Å². The highest BCUT2D eigenvalue weighted by molar-refractivity contribution is 14.1. The first-order valence-corrected chi connectivity index (χ1v) is 10.6. The molecule has 0 saturated carbocycles. The van der Waals surface area contributed by atoms with E-state index < -0.39 is 0 Å². The van der Waals surface area contributed by atoms with Gasteiger partial charge in [0.05, 0.1) is 3.57 Å². The number of hydrogen-bond acceptors (Lipinski definition) is 3. The highest BCUT2D eigenvalue weighted by atomic mass is 127. The SMILES string of the molecule is Oc1c(I)cc(I)cc1/C=C/c1ccc2oc(-c3ccc(Cl)cc3)nc2c1. The molecule has 4 rings (SSSR count). The molecule has 0 amide bonds. The minimum Gasteiger partial charge on any atom is -0.506 e. The van der Waals surface area contributed by atoms with Gasteiger partial charge in [0.1, 0.15) is 11.3 Å². The summed E-state index contributed by atoms with van der Waals surface area (Å²) in [7, 11) is 0. The second-order valence-corrected chi connectivity index (χ2v) is 8.76. The molecule has 4 aromatic rings. The van der Waals surface area contributed by atoms with Gasteiger partial charge >= 0.3 is 0 Å². The summed E-state index contributed by atoms with van der Waals surface area (Å²) < 4.78 is 7.75. The van der Waals surface area contributed by atoms with Crippen molar-refractivity contribution < 1.29 is 9.52 Å². The van der Waals surface area contributed by atoms with Crippen LogP contribution in [-0.2, 0) is 0 Å². The van der Waals surface area contributed by atoms with E-state index in [1.54, 1.807) is 0 Å². The third-order valence-corrected chi connectivity index (χ3v) is 5.71. The first-order chi connectivity index (χ1) is 13.0. The Bertz CT molecular complexity index is 1170. The van der Waals surface area contributed by atoms with Crippen molar-refractivity contribution in [3.05, 3.63) is 77.9 Å². The van der Waals surface area contributed by atoms with Crippen LogP contribution >= 0.6 is 56.8 Å². The van der Waals surface area contributed by atoms with Crippen LogP contribution in [0.1, 0.15) is 11.1 Å². The monoisotopic (exact) mass is 599 g/mol. The Balaban J connectivity index is 1.67. The van der Waals surface area contributed by atoms with Gasteiger partial charge in [-0.25, -0.2) is 4.98 Å². The van der Waals surface area contributed by atoms with Gasteiger partial charge in [-0.1, -0.05) is 29.8 Å². The van der Waals surface area contributed by atoms with Gasteiger partial charge in [0.2, 0.25) is 5.89 Å². The van der Waals surface area contributed by atoms with Crippen LogP contribution in [0.5, 0.6) is 5.75 Å². The molecule has 1 N–H and O–H groups in total. The molecule has 6 heteroatoms. The highest BCUT2D eigenvalue weighted by Gasteiger charge is 2.09. The van der Waals surface area contributed by atoms with E-state index in [1.807, 2.05) is 66.7 Å². The second-order valence-electron chi connectivity index (χ2n) is 5.91. The number of benzene rings is 3. The molecular weight excluding hydrogens is 587 g/mol. The van der Waals surface area contributed by atoms with Gasteiger partial charge in [0, 0.05) is 19.7 Å². The standard InChI is InChI=1S/C21H12ClI2NO2/c22-15-6-4-13(5-7-15)21-25-18-9-12(2-8-19(18)27-21)1-3-14-10-16(23)11-17(24)20(14)26/h1-11,26H/b3-1+. The first kappa shape index (κ1) is 18.8. The van der Waals surface area contributed by atoms with Crippen LogP contribution in [0.15, 0.2) is 59.0 Å². The highest BCUT2D eigenvalue weighted by Crippen LogP contribution is 2.29. The fourth-order valence-electron chi connectivity index (χ4n) is 2.66. The molecule has 0 saturated heterocycles. The summed E-state index contributed by atoms with van der Waals surface area (Å²) in [5.74, 6) is 0.854. The van der Waals surface area contributed by atoms with Crippen LogP contribution in [0.4, 0.5) is 0 Å². The molecular formula is C21H12ClI2NO2. The van der Waals surface area contributed by atoms with E-state index in [-0.39, 0.29) is 0 Å². The number of rotatable bonds is 3. The number of hydrogen-bond donors (Lipinski definition) is 1. The molecule has 0 spiro atoms. The van der Waals surface area contributed by atoms with E-state index >= 15 is 0 Å². The van der Waals surface area contributed by atoms with Crippen LogP contribution in [0.3, 0.4) is 0 Å². The van der Waals surface area contributed by atoms with Crippen LogP contribution in [0, 0.1) is 7.14 Å². The smallest absolute Gasteiger partial charge is 0.227 e. The summed E-state index contributed by atoms with van der Waals surface area (Å²) >= 11 is 10.3. The Morgan fingerprint density at radius 3 is 2.52 bits per heavy atom. The molecule has 0 atom stereocenters. The predicted molar refractivity (Wildman–Crippen MR) is 127 cm³/mol. The zero-order valence-electron chi connectivity index (χ0n) is 13.8. The minimum absolute atomic E-state index is 0.291. The number of phenolic OH excluding ortho intramolecular Hbond substituents is 1. The third-order valence-electron chi connectivity index (χ3n) is 4.02. The minimum atomic E-state index is 0.291. The van der Waals surface area contributed by atoms with E-state index in [1.165, 1.54) is 0 Å². The predicted octanol–water partition coefficient (Wildman–Crippen LogP) is 7.23. The van der Waals surface area contributed by atoms with Gasteiger partial charge in [-0.2, -0.15) is 0 Å². The lowest BCUT2D eigenvalue weighted by molar-refractivity contribution is 0.470. The van der Waals surface area contributed by atoms with E-state index in [9.17, 15) is 5.11 Å². The molecule has 0 fully saturated rings. The summed E-state index contributed by atoms with van der Waals surface area (Å²) in [4.78, 5) is 4.58. The van der Waals surface area contributed by atoms with E-state index in [2.05, 4.69) is 50.2 Å². The fourth-order valence-corrected chi connectivity index (χ4v) is 4.68. The summed E-state index contributed by atoms with van der Waals surface area (Å²) in [6.07, 6.45) is 3.86. The quantitative estimate of drug-likeness (QED) is 0.200. The molecule has 3 aromatic carbocycles. The van der Waals surface area contributed by atoms with Crippen molar-refractivity contribution in [1.29, 1.82) is 0 Å². The largest absolute Gasteiger partial charge is 0.506 e. The first-order valence-electron chi connectivity index (χ1n) is 8.02. The Labute approximate surface area is 188 Å². The lowest BCUT2D eigenvalue weighted by atomic mass is 10.1. The van der Waals surface area contributed by atoms with Crippen molar-refractivity contribution in [1.82, 2.24) is 4.98 Å².